The molecule has 4 heteroatoms. The van der Waals surface area contributed by atoms with Gasteiger partial charge in [-0.15, -0.1) is 0 Å². The first kappa shape index (κ1) is 14.1. The normalized spacial score (nSPS) is 16.1. The summed E-state index contributed by atoms with van der Waals surface area (Å²) in [6.45, 7) is 0. The highest BCUT2D eigenvalue weighted by Crippen LogP contribution is 2.41. The Morgan fingerprint density at radius 1 is 1.05 bits per heavy atom. The molecule has 0 heterocycles. The number of carbonyl (C=O) groups is 1. The van der Waals surface area contributed by atoms with Gasteiger partial charge in [-0.2, -0.15) is 0 Å². The van der Waals surface area contributed by atoms with E-state index in [1.165, 1.54) is 12.1 Å². The maximum absolute atomic E-state index is 13.1. The van der Waals surface area contributed by atoms with Gasteiger partial charge in [0, 0.05) is 10.6 Å². The minimum atomic E-state index is -0.371. The molecular weight excluding hydrogens is 289 g/mol. The molecule has 0 spiro atoms. The van der Waals surface area contributed by atoms with E-state index in [1.807, 2.05) is 0 Å². The van der Waals surface area contributed by atoms with E-state index in [0.29, 0.717) is 10.6 Å². The van der Waals surface area contributed by atoms with Crippen LogP contribution in [-0.4, -0.2) is 5.91 Å². The Labute approximate surface area is 127 Å². The molecule has 0 saturated heterocycles. The van der Waals surface area contributed by atoms with Crippen molar-refractivity contribution in [3.8, 4) is 0 Å². The topological polar surface area (TPSA) is 29.1 Å². The minimum absolute atomic E-state index is 0.129. The largest absolute Gasteiger partial charge is 0.343 e. The molecule has 0 aliphatic heterocycles. The molecule has 0 aromatic heterocycles. The quantitative estimate of drug-likeness (QED) is 0.900. The van der Waals surface area contributed by atoms with Crippen molar-refractivity contribution in [3.63, 3.8) is 0 Å². The highest BCUT2D eigenvalue weighted by atomic mass is 35.5. The zero-order valence-corrected chi connectivity index (χ0v) is 12.2. The Balaban J connectivity index is 1.82. The summed E-state index contributed by atoms with van der Waals surface area (Å²) >= 11 is 5.83. The molecule has 3 rings (SSSR count). The molecule has 0 atom stereocenters. The molecule has 0 bridgehead atoms. The first-order chi connectivity index (χ1) is 10.1. The van der Waals surface area contributed by atoms with Crippen molar-refractivity contribution >= 4 is 17.5 Å². The second-order valence-corrected chi connectivity index (χ2v) is 5.84. The molecule has 1 amide bonds. The van der Waals surface area contributed by atoms with E-state index in [1.54, 1.807) is 36.4 Å². The van der Waals surface area contributed by atoms with Gasteiger partial charge in [0.1, 0.15) is 5.82 Å². The molecular formula is C17H15ClFNO. The Kier molecular flexibility index (Phi) is 3.68. The molecule has 1 aliphatic carbocycles. The molecule has 1 aliphatic rings. The summed E-state index contributed by atoms with van der Waals surface area (Å²) in [6.07, 6.45) is 2.80. The van der Waals surface area contributed by atoms with Crippen LogP contribution in [0.5, 0.6) is 0 Å². The van der Waals surface area contributed by atoms with Gasteiger partial charge in [-0.3, -0.25) is 4.79 Å². The lowest BCUT2D eigenvalue weighted by atomic mass is 9.71. The molecule has 1 saturated carbocycles. The fraction of sp³-hybridized carbons (Fsp3) is 0.235. The van der Waals surface area contributed by atoms with Crippen LogP contribution in [0.2, 0.25) is 5.02 Å². The number of rotatable bonds is 3. The predicted octanol–water partition coefficient (Wildman–Crippen LogP) is 4.29. The van der Waals surface area contributed by atoms with Crippen LogP contribution < -0.4 is 5.32 Å². The third kappa shape index (κ3) is 2.79. The minimum Gasteiger partial charge on any atom is -0.343 e. The molecule has 1 fully saturated rings. The van der Waals surface area contributed by atoms with Gasteiger partial charge in [0.25, 0.3) is 5.91 Å². The summed E-state index contributed by atoms with van der Waals surface area (Å²) in [4.78, 5) is 12.4. The number of nitrogens with one attached hydrogen (secondary N) is 1. The fourth-order valence-corrected chi connectivity index (χ4v) is 2.80. The lowest BCUT2D eigenvalue weighted by molar-refractivity contribution is 0.0823. The summed E-state index contributed by atoms with van der Waals surface area (Å²) in [6, 6.07) is 13.2. The summed E-state index contributed by atoms with van der Waals surface area (Å²) < 4.78 is 13.1. The van der Waals surface area contributed by atoms with Crippen molar-refractivity contribution in [2.75, 3.05) is 0 Å². The van der Waals surface area contributed by atoms with E-state index in [-0.39, 0.29) is 17.3 Å². The molecule has 0 radical (unpaired) electrons. The Morgan fingerprint density at radius 3 is 2.19 bits per heavy atom. The molecule has 1 N–H and O–H groups in total. The van der Waals surface area contributed by atoms with Crippen molar-refractivity contribution in [1.82, 2.24) is 5.32 Å². The average molecular weight is 304 g/mol. The molecule has 2 nitrogen and oxygen atoms in total. The number of carbonyl (C=O) groups excluding carboxylic acids is 1. The molecule has 108 valence electrons. The molecule has 0 unspecified atom stereocenters. The van der Waals surface area contributed by atoms with Crippen molar-refractivity contribution < 1.29 is 9.18 Å². The first-order valence-electron chi connectivity index (χ1n) is 6.93. The van der Waals surface area contributed by atoms with Crippen LogP contribution in [0.3, 0.4) is 0 Å². The van der Waals surface area contributed by atoms with Crippen LogP contribution in [0.25, 0.3) is 0 Å². The third-order valence-corrected chi connectivity index (χ3v) is 4.32. The summed E-state index contributed by atoms with van der Waals surface area (Å²) in [7, 11) is 0. The van der Waals surface area contributed by atoms with Crippen LogP contribution in [0.4, 0.5) is 4.39 Å². The Bertz CT molecular complexity index is 647. The second kappa shape index (κ2) is 5.49. The Morgan fingerprint density at radius 2 is 1.67 bits per heavy atom. The molecule has 21 heavy (non-hydrogen) atoms. The summed E-state index contributed by atoms with van der Waals surface area (Å²) in [5.41, 5.74) is 1.16. The maximum Gasteiger partial charge on any atom is 0.251 e. The summed E-state index contributed by atoms with van der Waals surface area (Å²) in [5, 5.41) is 3.70. The van der Waals surface area contributed by atoms with Gasteiger partial charge in [0.15, 0.2) is 0 Å². The van der Waals surface area contributed by atoms with Gasteiger partial charge in [-0.05, 0) is 61.2 Å². The average Bonchev–Trinajstić information content (AvgIpc) is 2.44. The smallest absolute Gasteiger partial charge is 0.251 e. The van der Waals surface area contributed by atoms with Crippen LogP contribution in [0.15, 0.2) is 48.5 Å². The van der Waals surface area contributed by atoms with Crippen molar-refractivity contribution in [1.29, 1.82) is 0 Å². The Hall–Kier alpha value is -1.87. The van der Waals surface area contributed by atoms with Crippen molar-refractivity contribution in [2.45, 2.75) is 24.8 Å². The highest BCUT2D eigenvalue weighted by molar-refractivity contribution is 6.30. The van der Waals surface area contributed by atoms with Crippen molar-refractivity contribution in [3.05, 3.63) is 70.5 Å². The predicted molar refractivity (Wildman–Crippen MR) is 80.8 cm³/mol. The number of amides is 1. The zero-order chi connectivity index (χ0) is 14.9. The second-order valence-electron chi connectivity index (χ2n) is 5.40. The first-order valence-corrected chi connectivity index (χ1v) is 7.31. The van der Waals surface area contributed by atoms with Gasteiger partial charge in [-0.25, -0.2) is 4.39 Å². The monoisotopic (exact) mass is 303 g/mol. The van der Waals surface area contributed by atoms with Crippen LogP contribution in [-0.2, 0) is 5.54 Å². The van der Waals surface area contributed by atoms with Gasteiger partial charge < -0.3 is 5.32 Å². The van der Waals surface area contributed by atoms with Crippen LogP contribution in [0.1, 0.15) is 35.2 Å². The van der Waals surface area contributed by atoms with E-state index in [4.69, 9.17) is 11.6 Å². The van der Waals surface area contributed by atoms with E-state index < -0.39 is 0 Å². The van der Waals surface area contributed by atoms with Gasteiger partial charge in [0.05, 0.1) is 5.54 Å². The maximum atomic E-state index is 13.1. The fourth-order valence-electron chi connectivity index (χ4n) is 2.68. The third-order valence-electron chi connectivity index (χ3n) is 4.06. The number of benzene rings is 2. The van der Waals surface area contributed by atoms with Gasteiger partial charge >= 0.3 is 0 Å². The van der Waals surface area contributed by atoms with E-state index in [9.17, 15) is 9.18 Å². The zero-order valence-electron chi connectivity index (χ0n) is 11.4. The highest BCUT2D eigenvalue weighted by Gasteiger charge is 2.40. The molecule has 2 aromatic rings. The van der Waals surface area contributed by atoms with Crippen LogP contribution >= 0.6 is 11.6 Å². The number of hydrogen-bond acceptors (Lipinski definition) is 1. The summed E-state index contributed by atoms with van der Waals surface area (Å²) in [5.74, 6) is -0.395. The van der Waals surface area contributed by atoms with Gasteiger partial charge in [0.2, 0.25) is 0 Å². The number of halogens is 2. The van der Waals surface area contributed by atoms with E-state index in [2.05, 4.69) is 5.32 Å². The number of hydrogen-bond donors (Lipinski definition) is 1. The van der Waals surface area contributed by atoms with E-state index in [0.717, 1.165) is 24.8 Å². The SMILES string of the molecule is O=C(NC1(c2ccc(F)cc2)CCC1)c1ccc(Cl)cc1. The lowest BCUT2D eigenvalue weighted by Crippen LogP contribution is -2.50. The van der Waals surface area contributed by atoms with Gasteiger partial charge in [-0.1, -0.05) is 23.7 Å². The van der Waals surface area contributed by atoms with E-state index >= 15 is 0 Å². The standard InChI is InChI=1S/C17H15ClFNO/c18-14-6-2-12(3-7-14)16(21)20-17(10-1-11-17)13-4-8-15(19)9-5-13/h2-9H,1,10-11H2,(H,20,21). The molecule has 2 aromatic carbocycles. The lowest BCUT2D eigenvalue weighted by Gasteiger charge is -2.43. The van der Waals surface area contributed by atoms with Crippen LogP contribution in [0, 0.1) is 5.82 Å². The van der Waals surface area contributed by atoms with Crippen molar-refractivity contribution in [2.24, 2.45) is 0 Å².